The zero-order chi connectivity index (χ0) is 32.3. The van der Waals surface area contributed by atoms with Crippen LogP contribution in [-0.2, 0) is 0 Å². The maximum Gasteiger partial charge on any atom is 0.159 e. The van der Waals surface area contributed by atoms with Gasteiger partial charge < -0.3 is 13.7 Å². The molecule has 0 radical (unpaired) electrons. The van der Waals surface area contributed by atoms with Crippen molar-refractivity contribution in [3.63, 3.8) is 0 Å². The molecule has 0 aliphatic rings. The molecule has 0 saturated carbocycles. The molecule has 2 heterocycles. The van der Waals surface area contributed by atoms with Crippen LogP contribution in [0.4, 0.5) is 17.1 Å². The third-order valence-electron chi connectivity index (χ3n) is 9.64. The Morgan fingerprint density at radius 2 is 1.02 bits per heavy atom. The largest absolute Gasteiger partial charge is 0.456 e. The van der Waals surface area contributed by atoms with E-state index in [1.54, 1.807) is 0 Å². The minimum atomic E-state index is 0.832. The van der Waals surface area contributed by atoms with Gasteiger partial charge in [-0.2, -0.15) is 0 Å². The molecule has 0 fully saturated rings. The summed E-state index contributed by atoms with van der Waals surface area (Å²) in [5, 5.41) is 6.61. The molecular formula is C46H29NO2. The summed E-state index contributed by atoms with van der Waals surface area (Å²) >= 11 is 0. The van der Waals surface area contributed by atoms with E-state index in [-0.39, 0.29) is 0 Å². The van der Waals surface area contributed by atoms with Gasteiger partial charge in [0.2, 0.25) is 0 Å². The molecule has 0 aliphatic carbocycles. The molecule has 0 amide bonds. The summed E-state index contributed by atoms with van der Waals surface area (Å²) in [5.74, 6) is 0. The number of anilines is 3. The molecule has 0 N–H and O–H groups in total. The van der Waals surface area contributed by atoms with E-state index in [1.807, 2.05) is 12.1 Å². The van der Waals surface area contributed by atoms with Gasteiger partial charge in [0.1, 0.15) is 16.7 Å². The molecular weight excluding hydrogens is 599 g/mol. The second-order valence-corrected chi connectivity index (χ2v) is 12.5. The van der Waals surface area contributed by atoms with Crippen LogP contribution in [0.1, 0.15) is 0 Å². The second kappa shape index (κ2) is 11.0. The highest BCUT2D eigenvalue weighted by atomic mass is 16.3. The van der Waals surface area contributed by atoms with Crippen molar-refractivity contribution in [2.75, 3.05) is 4.90 Å². The molecule has 0 saturated heterocycles. The first-order chi connectivity index (χ1) is 24.3. The molecule has 0 aliphatic heterocycles. The second-order valence-electron chi connectivity index (χ2n) is 12.5. The van der Waals surface area contributed by atoms with E-state index in [1.165, 1.54) is 21.9 Å². The van der Waals surface area contributed by atoms with Crippen molar-refractivity contribution < 1.29 is 8.83 Å². The molecule has 3 nitrogen and oxygen atoms in total. The van der Waals surface area contributed by atoms with Crippen molar-refractivity contribution in [2.24, 2.45) is 0 Å². The van der Waals surface area contributed by atoms with Gasteiger partial charge in [0.15, 0.2) is 5.58 Å². The topological polar surface area (TPSA) is 29.5 Å². The van der Waals surface area contributed by atoms with Crippen molar-refractivity contribution in [2.45, 2.75) is 0 Å². The van der Waals surface area contributed by atoms with E-state index in [2.05, 4.69) is 169 Å². The van der Waals surface area contributed by atoms with E-state index in [4.69, 9.17) is 8.83 Å². The summed E-state index contributed by atoms with van der Waals surface area (Å²) in [7, 11) is 0. The Morgan fingerprint density at radius 3 is 1.84 bits per heavy atom. The minimum Gasteiger partial charge on any atom is -0.456 e. The van der Waals surface area contributed by atoms with E-state index < -0.39 is 0 Å². The fraction of sp³-hybridized carbons (Fsp3) is 0. The molecule has 8 aromatic carbocycles. The normalized spacial score (nSPS) is 11.7. The third-order valence-corrected chi connectivity index (χ3v) is 9.64. The standard InChI is InChI=1S/C46H29NO2/c1-3-11-30(12-4-1)32-21-24-35(25-22-32)47(36-26-23-31-13-7-8-16-34(31)27-36)41-19-9-18-38-39-28-44-40(29-43(39)49-46(38)41)45-37(17-10-20-42(45)48-44)33-14-5-2-6-15-33/h1-29H. The number of hydrogen-bond donors (Lipinski definition) is 0. The Hall–Kier alpha value is -6.58. The number of hydrogen-bond acceptors (Lipinski definition) is 3. The zero-order valence-electron chi connectivity index (χ0n) is 26.5. The van der Waals surface area contributed by atoms with Gasteiger partial charge in [0.05, 0.1) is 5.69 Å². The first kappa shape index (κ1) is 27.5. The first-order valence-corrected chi connectivity index (χ1v) is 16.6. The quantitative estimate of drug-likeness (QED) is 0.190. The van der Waals surface area contributed by atoms with Crippen molar-refractivity contribution in [1.29, 1.82) is 0 Å². The molecule has 2 aromatic heterocycles. The fourth-order valence-electron chi connectivity index (χ4n) is 7.31. The van der Waals surface area contributed by atoms with Gasteiger partial charge in [-0.25, -0.2) is 0 Å². The molecule has 0 bridgehead atoms. The van der Waals surface area contributed by atoms with E-state index >= 15 is 0 Å². The highest BCUT2D eigenvalue weighted by Crippen LogP contribution is 2.45. The number of rotatable bonds is 5. The summed E-state index contributed by atoms with van der Waals surface area (Å²) in [6.45, 7) is 0. The van der Waals surface area contributed by atoms with Crippen LogP contribution in [0, 0.1) is 0 Å². The molecule has 49 heavy (non-hydrogen) atoms. The van der Waals surface area contributed by atoms with Crippen LogP contribution < -0.4 is 4.90 Å². The van der Waals surface area contributed by atoms with Gasteiger partial charge in [0.25, 0.3) is 0 Å². The molecule has 0 unspecified atom stereocenters. The molecule has 0 atom stereocenters. The van der Waals surface area contributed by atoms with Gasteiger partial charge in [-0.3, -0.25) is 0 Å². The lowest BCUT2D eigenvalue weighted by Gasteiger charge is -2.26. The highest BCUT2D eigenvalue weighted by molar-refractivity contribution is 6.19. The molecule has 3 heteroatoms. The Bertz CT molecular complexity index is 2810. The number of fused-ring (bicyclic) bond motifs is 7. The minimum absolute atomic E-state index is 0.832. The van der Waals surface area contributed by atoms with Crippen molar-refractivity contribution in [3.05, 3.63) is 176 Å². The lowest BCUT2D eigenvalue weighted by molar-refractivity contribution is 0.664. The Balaban J connectivity index is 1.19. The number of furan rings is 2. The lowest BCUT2D eigenvalue weighted by atomic mass is 9.99. The first-order valence-electron chi connectivity index (χ1n) is 16.6. The third kappa shape index (κ3) is 4.51. The van der Waals surface area contributed by atoms with E-state index in [9.17, 15) is 0 Å². The van der Waals surface area contributed by atoms with Gasteiger partial charge in [-0.05, 0) is 81.6 Å². The molecule has 10 rings (SSSR count). The monoisotopic (exact) mass is 627 g/mol. The summed E-state index contributed by atoms with van der Waals surface area (Å²) in [6.07, 6.45) is 0. The summed E-state index contributed by atoms with van der Waals surface area (Å²) in [6, 6.07) is 61.9. The highest BCUT2D eigenvalue weighted by Gasteiger charge is 2.21. The molecule has 230 valence electrons. The number of para-hydroxylation sites is 1. The van der Waals surface area contributed by atoms with Crippen LogP contribution in [-0.4, -0.2) is 0 Å². The van der Waals surface area contributed by atoms with Crippen LogP contribution in [0.3, 0.4) is 0 Å². The summed E-state index contributed by atoms with van der Waals surface area (Å²) in [5.41, 5.74) is 11.1. The van der Waals surface area contributed by atoms with Crippen molar-refractivity contribution in [3.8, 4) is 22.3 Å². The lowest BCUT2D eigenvalue weighted by Crippen LogP contribution is -2.10. The van der Waals surface area contributed by atoms with Gasteiger partial charge in [-0.1, -0.05) is 127 Å². The number of benzene rings is 8. The SMILES string of the molecule is c1ccc(-c2ccc(N(c3ccc4ccccc4c3)c3cccc4c3oc3cc5c(cc34)oc3cccc(-c4ccccc4)c35)cc2)cc1. The number of nitrogens with zero attached hydrogens (tertiary/aromatic N) is 1. The predicted octanol–water partition coefficient (Wildman–Crippen LogP) is 13.4. The molecule has 0 spiro atoms. The average molecular weight is 628 g/mol. The maximum atomic E-state index is 6.88. The van der Waals surface area contributed by atoms with Gasteiger partial charge in [-0.15, -0.1) is 0 Å². The van der Waals surface area contributed by atoms with Gasteiger partial charge >= 0.3 is 0 Å². The Kier molecular flexibility index (Phi) is 6.18. The van der Waals surface area contributed by atoms with Crippen LogP contribution in [0.15, 0.2) is 185 Å². The van der Waals surface area contributed by atoms with Crippen LogP contribution in [0.2, 0.25) is 0 Å². The Morgan fingerprint density at radius 1 is 0.367 bits per heavy atom. The van der Waals surface area contributed by atoms with Crippen molar-refractivity contribution >= 4 is 71.7 Å². The van der Waals surface area contributed by atoms with Crippen LogP contribution in [0.5, 0.6) is 0 Å². The maximum absolute atomic E-state index is 6.88. The zero-order valence-corrected chi connectivity index (χ0v) is 26.5. The van der Waals surface area contributed by atoms with Gasteiger partial charge in [0, 0.05) is 32.9 Å². The average Bonchev–Trinajstić information content (AvgIpc) is 3.73. The van der Waals surface area contributed by atoms with E-state index in [0.717, 1.165) is 72.1 Å². The summed E-state index contributed by atoms with van der Waals surface area (Å²) in [4.78, 5) is 2.30. The summed E-state index contributed by atoms with van der Waals surface area (Å²) < 4.78 is 13.4. The fourth-order valence-corrected chi connectivity index (χ4v) is 7.31. The van der Waals surface area contributed by atoms with Crippen LogP contribution in [0.25, 0.3) is 76.9 Å². The van der Waals surface area contributed by atoms with E-state index in [0.29, 0.717) is 0 Å². The predicted molar refractivity (Wildman–Crippen MR) is 204 cm³/mol. The Labute approximate surface area is 282 Å². The smallest absolute Gasteiger partial charge is 0.159 e. The molecule has 10 aromatic rings. The van der Waals surface area contributed by atoms with Crippen LogP contribution >= 0.6 is 0 Å². The van der Waals surface area contributed by atoms with Crippen molar-refractivity contribution in [1.82, 2.24) is 0 Å².